The highest BCUT2D eigenvalue weighted by molar-refractivity contribution is 7.89. The summed E-state index contributed by atoms with van der Waals surface area (Å²) in [5, 5.41) is 8.40. The van der Waals surface area contributed by atoms with Gasteiger partial charge in [0.05, 0.1) is 18.5 Å². The van der Waals surface area contributed by atoms with E-state index in [1.807, 2.05) is 38.1 Å². The Morgan fingerprint density at radius 1 is 1.14 bits per heavy atom. The number of hydrogen-bond donors (Lipinski definition) is 0. The molecule has 156 valence electrons. The minimum atomic E-state index is -3.60. The molecule has 0 saturated heterocycles. The Balaban J connectivity index is 1.87. The van der Waals surface area contributed by atoms with E-state index >= 15 is 0 Å². The van der Waals surface area contributed by atoms with Crippen LogP contribution in [0.4, 0.5) is 0 Å². The van der Waals surface area contributed by atoms with E-state index in [1.165, 1.54) is 4.31 Å². The molecule has 3 rings (SSSR count). The van der Waals surface area contributed by atoms with E-state index in [9.17, 15) is 8.42 Å². The van der Waals surface area contributed by atoms with Crippen LogP contribution in [0.25, 0.3) is 11.5 Å². The van der Waals surface area contributed by atoms with Crippen molar-refractivity contribution < 1.29 is 17.7 Å². The fourth-order valence-corrected chi connectivity index (χ4v) is 5.03. The van der Waals surface area contributed by atoms with Crippen LogP contribution in [0.3, 0.4) is 0 Å². The maximum absolute atomic E-state index is 13.0. The van der Waals surface area contributed by atoms with Crippen LogP contribution in [0.15, 0.2) is 33.7 Å². The van der Waals surface area contributed by atoms with Gasteiger partial charge in [0.1, 0.15) is 17.2 Å². The molecule has 0 aliphatic carbocycles. The number of nitrogens with zero attached hydrogens (tertiary/aromatic N) is 5. The smallest absolute Gasteiger partial charge is 0.257 e. The van der Waals surface area contributed by atoms with Crippen LogP contribution >= 0.6 is 0 Å². The van der Waals surface area contributed by atoms with Crippen molar-refractivity contribution in [3.05, 3.63) is 41.5 Å². The van der Waals surface area contributed by atoms with E-state index in [-0.39, 0.29) is 11.4 Å². The van der Waals surface area contributed by atoms with Crippen molar-refractivity contribution in [2.24, 2.45) is 0 Å². The van der Waals surface area contributed by atoms with Crippen LogP contribution in [0.2, 0.25) is 0 Å². The van der Waals surface area contributed by atoms with Gasteiger partial charge in [0, 0.05) is 18.7 Å². The molecule has 0 N–H and O–H groups in total. The fraction of sp³-hybridized carbons (Fsp3) is 0.421. The zero-order valence-electron chi connectivity index (χ0n) is 17.2. The van der Waals surface area contributed by atoms with E-state index < -0.39 is 10.0 Å². The van der Waals surface area contributed by atoms with Crippen LogP contribution in [-0.4, -0.2) is 52.8 Å². The molecule has 2 heterocycles. The minimum absolute atomic E-state index is 0.208. The zero-order chi connectivity index (χ0) is 21.2. The molecule has 10 heteroatoms. The molecular formula is C19H25N5O4S. The van der Waals surface area contributed by atoms with Crippen LogP contribution in [-0.2, 0) is 16.6 Å². The van der Waals surface area contributed by atoms with Crippen LogP contribution in [0.5, 0.6) is 5.75 Å². The molecule has 29 heavy (non-hydrogen) atoms. The van der Waals surface area contributed by atoms with E-state index in [2.05, 4.69) is 15.2 Å². The third kappa shape index (κ3) is 4.03. The first-order valence-corrected chi connectivity index (χ1v) is 10.8. The number of hydrogen-bond acceptors (Lipinski definition) is 7. The molecular weight excluding hydrogens is 394 g/mol. The second-order valence-corrected chi connectivity index (χ2v) is 8.37. The highest BCUT2D eigenvalue weighted by atomic mass is 32.2. The zero-order valence-corrected chi connectivity index (χ0v) is 18.0. The Hall–Kier alpha value is -2.72. The van der Waals surface area contributed by atoms with Gasteiger partial charge in [-0.1, -0.05) is 19.0 Å². The molecule has 0 bridgehead atoms. The normalized spacial score (nSPS) is 11.9. The number of aromatic nitrogens is 4. The number of sulfonamides is 1. The number of methoxy groups -OCH3 is 1. The first-order valence-electron chi connectivity index (χ1n) is 9.32. The van der Waals surface area contributed by atoms with Crippen LogP contribution < -0.4 is 4.74 Å². The molecule has 0 aliphatic rings. The van der Waals surface area contributed by atoms with Crippen molar-refractivity contribution >= 4 is 10.0 Å². The van der Waals surface area contributed by atoms with Gasteiger partial charge in [-0.05, 0) is 38.1 Å². The Labute approximate surface area is 170 Å². The predicted molar refractivity (Wildman–Crippen MR) is 107 cm³/mol. The van der Waals surface area contributed by atoms with Gasteiger partial charge in [-0.25, -0.2) is 8.42 Å². The maximum Gasteiger partial charge on any atom is 0.257 e. The number of ether oxygens (including phenoxy) is 1. The van der Waals surface area contributed by atoms with Gasteiger partial charge in [-0.15, -0.1) is 0 Å². The monoisotopic (exact) mass is 419 g/mol. The molecule has 2 aromatic heterocycles. The summed E-state index contributed by atoms with van der Waals surface area (Å²) in [6, 6.07) is 7.28. The first-order chi connectivity index (χ1) is 13.8. The Morgan fingerprint density at radius 3 is 2.38 bits per heavy atom. The summed E-state index contributed by atoms with van der Waals surface area (Å²) in [4.78, 5) is 4.64. The summed E-state index contributed by atoms with van der Waals surface area (Å²) in [6.07, 6.45) is 0. The van der Waals surface area contributed by atoms with Gasteiger partial charge in [0.25, 0.3) is 5.89 Å². The predicted octanol–water partition coefficient (Wildman–Crippen LogP) is 2.64. The van der Waals surface area contributed by atoms with Gasteiger partial charge >= 0.3 is 0 Å². The molecule has 1 aromatic carbocycles. The average molecular weight is 420 g/mol. The van der Waals surface area contributed by atoms with Crippen LogP contribution in [0, 0.1) is 13.8 Å². The van der Waals surface area contributed by atoms with E-state index in [1.54, 1.807) is 25.6 Å². The third-order valence-electron chi connectivity index (χ3n) is 4.71. The first kappa shape index (κ1) is 21.0. The van der Waals surface area contributed by atoms with Crippen molar-refractivity contribution in [2.75, 3.05) is 20.2 Å². The lowest BCUT2D eigenvalue weighted by Gasteiger charge is -2.18. The molecule has 0 aliphatic heterocycles. The van der Waals surface area contributed by atoms with Gasteiger partial charge in [-0.3, -0.25) is 4.68 Å². The van der Waals surface area contributed by atoms with Gasteiger partial charge < -0.3 is 9.26 Å². The van der Waals surface area contributed by atoms with E-state index in [0.29, 0.717) is 36.2 Å². The minimum Gasteiger partial charge on any atom is -0.497 e. The largest absolute Gasteiger partial charge is 0.497 e. The van der Waals surface area contributed by atoms with Crippen molar-refractivity contribution in [3.8, 4) is 17.2 Å². The Bertz CT molecular complexity index is 1080. The van der Waals surface area contributed by atoms with Crippen molar-refractivity contribution in [2.45, 2.75) is 39.1 Å². The highest BCUT2D eigenvalue weighted by Crippen LogP contribution is 2.25. The molecule has 3 aromatic rings. The van der Waals surface area contributed by atoms with Gasteiger partial charge in [-0.2, -0.15) is 14.4 Å². The van der Waals surface area contributed by atoms with E-state index in [4.69, 9.17) is 9.26 Å². The van der Waals surface area contributed by atoms with E-state index in [0.717, 1.165) is 11.3 Å². The third-order valence-corrected chi connectivity index (χ3v) is 7.02. The average Bonchev–Trinajstić information content (AvgIpc) is 3.27. The maximum atomic E-state index is 13.0. The standard InChI is InChI=1S/C19H25N5O4S/c1-6-23(7-2)29(25,26)18-13(3)21-24(14(18)4)12-17-20-19(28-22-17)15-8-10-16(27-5)11-9-15/h8-11H,6-7,12H2,1-5H3. The summed E-state index contributed by atoms with van der Waals surface area (Å²) in [5.74, 6) is 1.52. The molecule has 0 amide bonds. The lowest BCUT2D eigenvalue weighted by atomic mass is 10.2. The summed E-state index contributed by atoms with van der Waals surface area (Å²) < 4.78 is 39.4. The molecule has 0 spiro atoms. The topological polar surface area (TPSA) is 103 Å². The summed E-state index contributed by atoms with van der Waals surface area (Å²) >= 11 is 0. The number of rotatable bonds is 8. The van der Waals surface area contributed by atoms with Crippen LogP contribution in [0.1, 0.15) is 31.1 Å². The number of aryl methyl sites for hydroxylation is 1. The van der Waals surface area contributed by atoms with Crippen molar-refractivity contribution in [1.82, 2.24) is 24.2 Å². The lowest BCUT2D eigenvalue weighted by molar-refractivity contribution is 0.413. The fourth-order valence-electron chi connectivity index (χ4n) is 3.20. The quantitative estimate of drug-likeness (QED) is 0.553. The highest BCUT2D eigenvalue weighted by Gasteiger charge is 2.29. The lowest BCUT2D eigenvalue weighted by Crippen LogP contribution is -2.31. The SMILES string of the molecule is CCN(CC)S(=O)(=O)c1c(C)nn(Cc2noc(-c3ccc(OC)cc3)n2)c1C. The van der Waals surface area contributed by atoms with Gasteiger partial charge in [0.15, 0.2) is 5.82 Å². The summed E-state index contributed by atoms with van der Waals surface area (Å²) in [6.45, 7) is 8.07. The molecule has 0 fully saturated rings. The summed E-state index contributed by atoms with van der Waals surface area (Å²) in [5.41, 5.74) is 1.76. The molecule has 0 radical (unpaired) electrons. The molecule has 9 nitrogen and oxygen atoms in total. The molecule has 0 atom stereocenters. The number of benzene rings is 1. The Kier molecular flexibility index (Phi) is 6.04. The second kappa shape index (κ2) is 8.34. The van der Waals surface area contributed by atoms with Crippen molar-refractivity contribution in [3.63, 3.8) is 0 Å². The van der Waals surface area contributed by atoms with Crippen molar-refractivity contribution in [1.29, 1.82) is 0 Å². The summed E-state index contributed by atoms with van der Waals surface area (Å²) in [7, 11) is -2.00. The molecule has 0 unspecified atom stereocenters. The molecule has 0 saturated carbocycles. The Morgan fingerprint density at radius 2 is 1.79 bits per heavy atom. The second-order valence-electron chi connectivity index (χ2n) is 6.49. The van der Waals surface area contributed by atoms with Gasteiger partial charge in [0.2, 0.25) is 10.0 Å².